The van der Waals surface area contributed by atoms with Gasteiger partial charge in [0.05, 0.1) is 6.54 Å². The average molecular weight is 217 g/mol. The average Bonchev–Trinajstić information content (AvgIpc) is 2.73. The molecule has 0 saturated heterocycles. The predicted octanol–water partition coefficient (Wildman–Crippen LogP) is 1.69. The summed E-state index contributed by atoms with van der Waals surface area (Å²) in [5.41, 5.74) is 2.65. The van der Waals surface area contributed by atoms with Crippen LogP contribution in [0.25, 0.3) is 0 Å². The van der Waals surface area contributed by atoms with Gasteiger partial charge in [-0.2, -0.15) is 0 Å². The fourth-order valence-electron chi connectivity index (χ4n) is 2.02. The van der Waals surface area contributed by atoms with Crippen LogP contribution in [0.1, 0.15) is 12.5 Å². The third kappa shape index (κ3) is 2.42. The molecule has 0 amide bonds. The normalized spacial score (nSPS) is 15.4. The highest BCUT2D eigenvalue weighted by Crippen LogP contribution is 2.19. The fraction of sp³-hybridized carbons (Fsp3) is 0.462. The van der Waals surface area contributed by atoms with Crippen LogP contribution in [0.3, 0.4) is 0 Å². The van der Waals surface area contributed by atoms with Crippen molar-refractivity contribution in [1.82, 2.24) is 5.32 Å². The van der Waals surface area contributed by atoms with Crippen LogP contribution in [0.15, 0.2) is 29.3 Å². The lowest BCUT2D eigenvalue weighted by Crippen LogP contribution is -2.25. The van der Waals surface area contributed by atoms with Crippen molar-refractivity contribution in [2.24, 2.45) is 4.99 Å². The largest absolute Gasteiger partial charge is 0.329 e. The van der Waals surface area contributed by atoms with Gasteiger partial charge in [0.25, 0.3) is 0 Å². The molecule has 0 aliphatic carbocycles. The van der Waals surface area contributed by atoms with Crippen molar-refractivity contribution in [2.45, 2.75) is 13.3 Å². The lowest BCUT2D eigenvalue weighted by atomic mass is 10.1. The fourth-order valence-corrected chi connectivity index (χ4v) is 2.02. The maximum atomic E-state index is 4.42. The molecular weight excluding hydrogens is 198 g/mol. The topological polar surface area (TPSA) is 27.6 Å². The zero-order valence-electron chi connectivity index (χ0n) is 10.0. The lowest BCUT2D eigenvalue weighted by molar-refractivity contribution is 0.791. The Labute approximate surface area is 97.2 Å². The van der Waals surface area contributed by atoms with E-state index in [0.717, 1.165) is 31.9 Å². The Balaban J connectivity index is 2.12. The smallest absolute Gasteiger partial charge is 0.100 e. The number of benzene rings is 1. The first-order chi connectivity index (χ1) is 7.81. The molecule has 1 aromatic carbocycles. The third-order valence-corrected chi connectivity index (χ3v) is 2.94. The van der Waals surface area contributed by atoms with Crippen molar-refractivity contribution in [1.29, 1.82) is 0 Å². The highest BCUT2D eigenvalue weighted by molar-refractivity contribution is 5.97. The number of aliphatic imine (C=N–C) groups is 1. The summed E-state index contributed by atoms with van der Waals surface area (Å²) in [5, 5.41) is 3.18. The minimum atomic E-state index is 0.923. The monoisotopic (exact) mass is 217 g/mol. The molecule has 86 valence electrons. The molecule has 0 saturated carbocycles. The minimum Gasteiger partial charge on any atom is -0.329 e. The second-order valence-electron chi connectivity index (χ2n) is 4.10. The van der Waals surface area contributed by atoms with E-state index in [0.29, 0.717) is 0 Å². The van der Waals surface area contributed by atoms with Crippen molar-refractivity contribution in [2.75, 3.05) is 31.6 Å². The van der Waals surface area contributed by atoms with Crippen molar-refractivity contribution >= 4 is 11.5 Å². The number of likely N-dealkylation sites (N-methyl/N-ethyl adjacent to an activating group) is 1. The van der Waals surface area contributed by atoms with Crippen molar-refractivity contribution in [3.05, 3.63) is 29.8 Å². The lowest BCUT2D eigenvalue weighted by Gasteiger charge is -2.18. The van der Waals surface area contributed by atoms with Crippen LogP contribution in [0.2, 0.25) is 0 Å². The van der Waals surface area contributed by atoms with E-state index in [1.807, 2.05) is 7.05 Å². The summed E-state index contributed by atoms with van der Waals surface area (Å²) in [4.78, 5) is 6.70. The molecule has 1 N–H and O–H groups in total. The van der Waals surface area contributed by atoms with Crippen LogP contribution in [0, 0.1) is 0 Å². The first-order valence-electron chi connectivity index (χ1n) is 5.83. The van der Waals surface area contributed by atoms with Gasteiger partial charge < -0.3 is 10.2 Å². The number of anilines is 1. The Morgan fingerprint density at radius 1 is 1.44 bits per heavy atom. The summed E-state index contributed by atoms with van der Waals surface area (Å²) >= 11 is 0. The van der Waals surface area contributed by atoms with E-state index in [-0.39, 0.29) is 0 Å². The molecule has 0 fully saturated rings. The van der Waals surface area contributed by atoms with Crippen LogP contribution in [0.4, 0.5) is 5.69 Å². The minimum absolute atomic E-state index is 0.923. The number of hydrogen-bond acceptors (Lipinski definition) is 3. The van der Waals surface area contributed by atoms with E-state index in [4.69, 9.17) is 0 Å². The van der Waals surface area contributed by atoms with Gasteiger partial charge >= 0.3 is 0 Å². The number of amidine groups is 1. The summed E-state index contributed by atoms with van der Waals surface area (Å²) < 4.78 is 0. The molecule has 1 aliphatic heterocycles. The first-order valence-corrected chi connectivity index (χ1v) is 5.83. The van der Waals surface area contributed by atoms with Crippen LogP contribution >= 0.6 is 0 Å². The maximum absolute atomic E-state index is 4.42. The molecule has 0 spiro atoms. The highest BCUT2D eigenvalue weighted by atomic mass is 15.2. The molecular formula is C13H19N3. The molecule has 16 heavy (non-hydrogen) atoms. The quantitative estimate of drug-likeness (QED) is 0.831. The highest BCUT2D eigenvalue weighted by Gasteiger charge is 2.14. The van der Waals surface area contributed by atoms with Gasteiger partial charge in [0.15, 0.2) is 0 Å². The molecule has 0 aromatic heterocycles. The Kier molecular flexibility index (Phi) is 3.57. The van der Waals surface area contributed by atoms with Gasteiger partial charge in [-0.1, -0.05) is 12.1 Å². The predicted molar refractivity (Wildman–Crippen MR) is 69.4 cm³/mol. The van der Waals surface area contributed by atoms with Crippen LogP contribution in [0.5, 0.6) is 0 Å². The number of nitrogens with zero attached hydrogens (tertiary/aromatic N) is 2. The van der Waals surface area contributed by atoms with Gasteiger partial charge in [-0.25, -0.2) is 0 Å². The van der Waals surface area contributed by atoms with Gasteiger partial charge in [-0.05, 0) is 44.6 Å². The SMILES string of the molecule is CNCCc1cccc(N2CCN=C2C)c1. The van der Waals surface area contributed by atoms with E-state index in [1.165, 1.54) is 11.3 Å². The third-order valence-electron chi connectivity index (χ3n) is 2.94. The first kappa shape index (κ1) is 11.1. The van der Waals surface area contributed by atoms with E-state index >= 15 is 0 Å². The Bertz CT molecular complexity index is 385. The van der Waals surface area contributed by atoms with Crippen molar-refractivity contribution in [3.8, 4) is 0 Å². The Morgan fingerprint density at radius 2 is 2.31 bits per heavy atom. The Morgan fingerprint density at radius 3 is 3.00 bits per heavy atom. The Hall–Kier alpha value is -1.35. The van der Waals surface area contributed by atoms with Gasteiger partial charge in [0.2, 0.25) is 0 Å². The van der Waals surface area contributed by atoms with Gasteiger partial charge in [0, 0.05) is 12.2 Å². The number of nitrogens with one attached hydrogen (secondary N) is 1. The molecule has 3 nitrogen and oxygen atoms in total. The van der Waals surface area contributed by atoms with Crippen LogP contribution in [-0.2, 0) is 6.42 Å². The molecule has 0 bridgehead atoms. The van der Waals surface area contributed by atoms with Crippen molar-refractivity contribution in [3.63, 3.8) is 0 Å². The molecule has 1 aromatic rings. The molecule has 3 heteroatoms. The number of hydrogen-bond donors (Lipinski definition) is 1. The van der Waals surface area contributed by atoms with E-state index in [2.05, 4.69) is 46.4 Å². The molecule has 1 heterocycles. The van der Waals surface area contributed by atoms with Crippen LogP contribution < -0.4 is 10.2 Å². The van der Waals surface area contributed by atoms with E-state index in [1.54, 1.807) is 0 Å². The summed E-state index contributed by atoms with van der Waals surface area (Å²) in [6.07, 6.45) is 1.08. The molecule has 0 atom stereocenters. The van der Waals surface area contributed by atoms with E-state index in [9.17, 15) is 0 Å². The van der Waals surface area contributed by atoms with Gasteiger partial charge in [-0.15, -0.1) is 0 Å². The summed E-state index contributed by atoms with van der Waals surface area (Å²) in [6.45, 7) is 5.04. The molecule has 0 radical (unpaired) electrons. The zero-order chi connectivity index (χ0) is 11.4. The summed E-state index contributed by atoms with van der Waals surface area (Å²) in [7, 11) is 1.99. The summed E-state index contributed by atoms with van der Waals surface area (Å²) in [5.74, 6) is 1.13. The maximum Gasteiger partial charge on any atom is 0.100 e. The number of rotatable bonds is 4. The van der Waals surface area contributed by atoms with Gasteiger partial charge in [0.1, 0.15) is 5.84 Å². The van der Waals surface area contributed by atoms with E-state index < -0.39 is 0 Å². The molecule has 2 rings (SSSR count). The zero-order valence-corrected chi connectivity index (χ0v) is 10.0. The van der Waals surface area contributed by atoms with Crippen LogP contribution in [-0.4, -0.2) is 32.5 Å². The van der Waals surface area contributed by atoms with Gasteiger partial charge in [-0.3, -0.25) is 4.99 Å². The second-order valence-corrected chi connectivity index (χ2v) is 4.10. The van der Waals surface area contributed by atoms with Crippen molar-refractivity contribution < 1.29 is 0 Å². The standard InChI is InChI=1S/C13H19N3/c1-11-15-8-9-16(11)13-5-3-4-12(10-13)6-7-14-2/h3-5,10,14H,6-9H2,1-2H3. The molecule has 1 aliphatic rings. The summed E-state index contributed by atoms with van der Waals surface area (Å²) in [6, 6.07) is 8.74. The molecule has 0 unspecified atom stereocenters. The second kappa shape index (κ2) is 5.12.